The molecule has 1 aliphatic heterocycles. The fraction of sp³-hybridized carbons (Fsp3) is 0.600. The second-order valence-electron chi connectivity index (χ2n) is 5.57. The molecule has 0 aromatic heterocycles. The molecule has 0 radical (unpaired) electrons. The van der Waals surface area contributed by atoms with Crippen LogP contribution in [0.4, 0.5) is 17.1 Å². The zero-order valence-electron chi connectivity index (χ0n) is 12.8. The van der Waals surface area contributed by atoms with Crippen molar-refractivity contribution in [1.29, 1.82) is 0 Å². The molecule has 0 amide bonds. The smallest absolute Gasteiger partial charge is 0.273 e. The van der Waals surface area contributed by atoms with Gasteiger partial charge in [0.1, 0.15) is 0 Å². The van der Waals surface area contributed by atoms with Crippen LogP contribution in [0.3, 0.4) is 0 Å². The minimum atomic E-state index is -0.315. The quantitative estimate of drug-likeness (QED) is 0.667. The lowest BCUT2D eigenvalue weighted by atomic mass is 10.2. The number of nitro groups is 1. The molecule has 21 heavy (non-hydrogen) atoms. The van der Waals surface area contributed by atoms with Crippen molar-refractivity contribution in [1.82, 2.24) is 4.90 Å². The summed E-state index contributed by atoms with van der Waals surface area (Å²) in [6.45, 7) is 6.82. The van der Waals surface area contributed by atoms with E-state index >= 15 is 0 Å². The molecule has 0 bridgehead atoms. The Morgan fingerprint density at radius 1 is 1.24 bits per heavy atom. The summed E-state index contributed by atoms with van der Waals surface area (Å²) in [6, 6.07) is 5.32. The van der Waals surface area contributed by atoms with Crippen LogP contribution in [0.25, 0.3) is 0 Å². The highest BCUT2D eigenvalue weighted by molar-refractivity contribution is 5.64. The second-order valence-corrected chi connectivity index (χ2v) is 5.57. The highest BCUT2D eigenvalue weighted by Gasteiger charge is 2.17. The molecule has 1 N–H and O–H groups in total. The van der Waals surface area contributed by atoms with E-state index in [1.54, 1.807) is 12.1 Å². The highest BCUT2D eigenvalue weighted by atomic mass is 16.6. The van der Waals surface area contributed by atoms with Crippen molar-refractivity contribution < 1.29 is 4.92 Å². The predicted molar refractivity (Wildman–Crippen MR) is 86.2 cm³/mol. The molecule has 2 rings (SSSR count). The molecule has 6 nitrogen and oxygen atoms in total. The lowest BCUT2D eigenvalue weighted by molar-refractivity contribution is -0.384. The molecule has 116 valence electrons. The predicted octanol–water partition coefficient (Wildman–Crippen LogP) is 2.56. The Bertz CT molecular complexity index is 493. The van der Waals surface area contributed by atoms with E-state index in [2.05, 4.69) is 29.1 Å². The summed E-state index contributed by atoms with van der Waals surface area (Å²) in [5.41, 5.74) is 1.93. The first-order valence-corrected chi connectivity index (χ1v) is 7.57. The van der Waals surface area contributed by atoms with Gasteiger partial charge in [-0.2, -0.15) is 0 Å². The van der Waals surface area contributed by atoms with E-state index in [1.165, 1.54) is 0 Å². The molecule has 0 atom stereocenters. The standard InChI is InChI=1S/C15H24N4O2/c1-3-5-16-13-10-14(12-15(11-13)19(20)21)18-7-4-6-17(2)8-9-18/h10-12,16H,3-9H2,1-2H3. The number of hydrogen-bond acceptors (Lipinski definition) is 5. The average molecular weight is 292 g/mol. The van der Waals surface area contributed by atoms with Crippen LogP contribution >= 0.6 is 0 Å². The van der Waals surface area contributed by atoms with Gasteiger partial charge < -0.3 is 15.1 Å². The van der Waals surface area contributed by atoms with Crippen molar-refractivity contribution in [2.24, 2.45) is 0 Å². The first-order valence-electron chi connectivity index (χ1n) is 7.57. The first-order chi connectivity index (χ1) is 10.1. The van der Waals surface area contributed by atoms with Crippen LogP contribution in [0, 0.1) is 10.1 Å². The van der Waals surface area contributed by atoms with E-state index in [1.807, 2.05) is 6.07 Å². The van der Waals surface area contributed by atoms with Crippen molar-refractivity contribution in [3.63, 3.8) is 0 Å². The lowest BCUT2D eigenvalue weighted by Crippen LogP contribution is -2.28. The summed E-state index contributed by atoms with van der Waals surface area (Å²) in [5, 5.41) is 14.4. The Labute approximate surface area is 125 Å². The number of rotatable bonds is 5. The largest absolute Gasteiger partial charge is 0.385 e. The van der Waals surface area contributed by atoms with E-state index in [4.69, 9.17) is 0 Å². The third-order valence-corrected chi connectivity index (χ3v) is 3.78. The molecule has 1 aliphatic rings. The third kappa shape index (κ3) is 4.32. The van der Waals surface area contributed by atoms with Crippen LogP contribution in [-0.4, -0.2) is 49.6 Å². The molecular weight excluding hydrogens is 268 g/mol. The van der Waals surface area contributed by atoms with Crippen LogP contribution in [-0.2, 0) is 0 Å². The average Bonchev–Trinajstić information content (AvgIpc) is 2.69. The molecule has 6 heteroatoms. The maximum Gasteiger partial charge on any atom is 0.273 e. The van der Waals surface area contributed by atoms with Gasteiger partial charge in [0, 0.05) is 49.7 Å². The highest BCUT2D eigenvalue weighted by Crippen LogP contribution is 2.27. The van der Waals surface area contributed by atoms with Crippen LogP contribution in [0.2, 0.25) is 0 Å². The Kier molecular flexibility index (Phi) is 5.38. The topological polar surface area (TPSA) is 61.6 Å². The lowest BCUT2D eigenvalue weighted by Gasteiger charge is -2.23. The molecule has 0 aliphatic carbocycles. The van der Waals surface area contributed by atoms with Crippen molar-refractivity contribution in [2.45, 2.75) is 19.8 Å². The van der Waals surface area contributed by atoms with Crippen molar-refractivity contribution in [3.05, 3.63) is 28.3 Å². The second kappa shape index (κ2) is 7.26. The molecule has 0 unspecified atom stereocenters. The summed E-state index contributed by atoms with van der Waals surface area (Å²) in [5.74, 6) is 0. The Morgan fingerprint density at radius 3 is 2.76 bits per heavy atom. The van der Waals surface area contributed by atoms with Gasteiger partial charge >= 0.3 is 0 Å². The van der Waals surface area contributed by atoms with Gasteiger partial charge in [0.2, 0.25) is 0 Å². The number of non-ortho nitro benzene ring substituents is 1. The Balaban J connectivity index is 2.23. The number of nitrogens with one attached hydrogen (secondary N) is 1. The van der Waals surface area contributed by atoms with E-state index < -0.39 is 0 Å². The summed E-state index contributed by atoms with van der Waals surface area (Å²) in [6.07, 6.45) is 2.07. The van der Waals surface area contributed by atoms with Crippen molar-refractivity contribution >= 4 is 17.1 Å². The minimum absolute atomic E-state index is 0.156. The summed E-state index contributed by atoms with van der Waals surface area (Å²) in [4.78, 5) is 15.4. The number of anilines is 2. The zero-order valence-corrected chi connectivity index (χ0v) is 12.8. The summed E-state index contributed by atoms with van der Waals surface area (Å²) in [7, 11) is 2.12. The van der Waals surface area contributed by atoms with Gasteiger partial charge in [0.15, 0.2) is 0 Å². The molecule has 0 saturated carbocycles. The molecule has 1 aromatic carbocycles. The van der Waals surface area contributed by atoms with E-state index in [-0.39, 0.29) is 10.6 Å². The van der Waals surface area contributed by atoms with Crippen LogP contribution < -0.4 is 10.2 Å². The van der Waals surface area contributed by atoms with Gasteiger partial charge in [0.25, 0.3) is 5.69 Å². The van der Waals surface area contributed by atoms with Gasteiger partial charge in [-0.25, -0.2) is 0 Å². The van der Waals surface area contributed by atoms with Gasteiger partial charge in [-0.15, -0.1) is 0 Å². The Hall–Kier alpha value is -1.82. The maximum atomic E-state index is 11.1. The van der Waals surface area contributed by atoms with Gasteiger partial charge in [-0.1, -0.05) is 6.92 Å². The number of nitrogens with zero attached hydrogens (tertiary/aromatic N) is 3. The number of nitro benzene ring substituents is 1. The monoisotopic (exact) mass is 292 g/mol. The molecule has 1 heterocycles. The summed E-state index contributed by atoms with van der Waals surface area (Å²) < 4.78 is 0. The van der Waals surface area contributed by atoms with Crippen LogP contribution in [0.5, 0.6) is 0 Å². The fourth-order valence-electron chi connectivity index (χ4n) is 2.56. The van der Waals surface area contributed by atoms with Gasteiger partial charge in [0.05, 0.1) is 4.92 Å². The molecule has 0 spiro atoms. The molecule has 1 fully saturated rings. The number of likely N-dealkylation sites (N-methyl/N-ethyl adjacent to an activating group) is 1. The molecule has 1 saturated heterocycles. The van der Waals surface area contributed by atoms with Crippen LogP contribution in [0.15, 0.2) is 18.2 Å². The fourth-order valence-corrected chi connectivity index (χ4v) is 2.56. The molecule has 1 aromatic rings. The van der Waals surface area contributed by atoms with E-state index in [9.17, 15) is 10.1 Å². The maximum absolute atomic E-state index is 11.1. The number of benzene rings is 1. The summed E-state index contributed by atoms with van der Waals surface area (Å²) >= 11 is 0. The normalized spacial score (nSPS) is 16.6. The van der Waals surface area contributed by atoms with Crippen molar-refractivity contribution in [3.8, 4) is 0 Å². The van der Waals surface area contributed by atoms with E-state index in [0.717, 1.165) is 56.9 Å². The van der Waals surface area contributed by atoms with Gasteiger partial charge in [-0.3, -0.25) is 10.1 Å². The number of hydrogen-bond donors (Lipinski definition) is 1. The van der Waals surface area contributed by atoms with Crippen LogP contribution in [0.1, 0.15) is 19.8 Å². The van der Waals surface area contributed by atoms with E-state index in [0.29, 0.717) is 0 Å². The Morgan fingerprint density at radius 2 is 2.05 bits per heavy atom. The van der Waals surface area contributed by atoms with Crippen molar-refractivity contribution in [2.75, 3.05) is 50.0 Å². The van der Waals surface area contributed by atoms with Gasteiger partial charge in [-0.05, 0) is 32.5 Å². The zero-order chi connectivity index (χ0) is 15.2. The minimum Gasteiger partial charge on any atom is -0.385 e. The SMILES string of the molecule is CCCNc1cc(N2CCCN(C)CC2)cc([N+](=O)[O-])c1. The first kappa shape index (κ1) is 15.6. The molecular formula is C15H24N4O2. The third-order valence-electron chi connectivity index (χ3n) is 3.78.